The number of alkyl halides is 2. The van der Waals surface area contributed by atoms with Gasteiger partial charge in [-0.2, -0.15) is 5.26 Å². The minimum atomic E-state index is -2.60. The number of piperidine rings is 1. The molecule has 2 saturated heterocycles. The second-order valence-corrected chi connectivity index (χ2v) is 12.3. The molecule has 0 radical (unpaired) electrons. The number of carbonyl (C=O) groups is 1. The summed E-state index contributed by atoms with van der Waals surface area (Å²) in [4.78, 5) is 20.3. The van der Waals surface area contributed by atoms with Crippen molar-refractivity contribution in [3.63, 3.8) is 0 Å². The Hall–Kier alpha value is -3.48. The van der Waals surface area contributed by atoms with E-state index in [9.17, 15) is 18.8 Å². The highest BCUT2D eigenvalue weighted by Crippen LogP contribution is 2.56. The third-order valence-electron chi connectivity index (χ3n) is 9.41. The van der Waals surface area contributed by atoms with Crippen LogP contribution < -0.4 is 10.1 Å². The van der Waals surface area contributed by atoms with E-state index in [1.54, 1.807) is 12.0 Å². The van der Waals surface area contributed by atoms with E-state index < -0.39 is 5.92 Å². The van der Waals surface area contributed by atoms with Gasteiger partial charge in [0.25, 0.3) is 11.8 Å². The standard InChI is InChI=1S/C32H37F2N5O2/c1-21-13-28(41-2)26(25-7-9-36-29(21)25)18-39-11-8-31(14-22(15-31)17-35)16-27(39)23-3-5-24(6-4-23)30(40)37-10-12-38-19-32(33,34)20-38/h3-7,9,13,22,27,36H,8,10-12,14-16,18-20H2,1-2H3,(H,37,40)/t22?,27-,31?/m0/s1. The lowest BCUT2D eigenvalue weighted by Crippen LogP contribution is -2.57. The molecule has 1 spiro atoms. The highest BCUT2D eigenvalue weighted by molar-refractivity contribution is 5.94. The van der Waals surface area contributed by atoms with E-state index in [4.69, 9.17) is 4.74 Å². The SMILES string of the molecule is COc1cc(C)c2[nH]ccc2c1CN1CCC2(CC(C#N)C2)C[C@H]1c1ccc(C(=O)NCCN2CC(F)(F)C2)cc1. The molecule has 0 unspecified atom stereocenters. The molecule has 3 fully saturated rings. The summed E-state index contributed by atoms with van der Waals surface area (Å²) in [6.45, 7) is 4.01. The minimum Gasteiger partial charge on any atom is -0.496 e. The molecule has 41 heavy (non-hydrogen) atoms. The molecule has 9 heteroatoms. The van der Waals surface area contributed by atoms with E-state index in [-0.39, 0.29) is 36.4 Å². The minimum absolute atomic E-state index is 0.146. The monoisotopic (exact) mass is 561 g/mol. The third-order valence-corrected chi connectivity index (χ3v) is 9.41. The highest BCUT2D eigenvalue weighted by atomic mass is 19.3. The van der Waals surface area contributed by atoms with Crippen LogP contribution in [0.5, 0.6) is 5.75 Å². The van der Waals surface area contributed by atoms with Crippen LogP contribution >= 0.6 is 0 Å². The highest BCUT2D eigenvalue weighted by Gasteiger charge is 2.49. The number of aromatic amines is 1. The van der Waals surface area contributed by atoms with Gasteiger partial charge in [-0.1, -0.05) is 12.1 Å². The van der Waals surface area contributed by atoms with Gasteiger partial charge in [0.05, 0.1) is 26.3 Å². The Labute approximate surface area is 239 Å². The van der Waals surface area contributed by atoms with Crippen LogP contribution in [0, 0.1) is 29.6 Å². The van der Waals surface area contributed by atoms with Gasteiger partial charge in [0.2, 0.25) is 0 Å². The smallest absolute Gasteiger partial charge is 0.272 e. The summed E-state index contributed by atoms with van der Waals surface area (Å²) >= 11 is 0. The number of hydrogen-bond acceptors (Lipinski definition) is 5. The fraction of sp³-hybridized carbons (Fsp3) is 0.500. The van der Waals surface area contributed by atoms with Crippen LogP contribution in [0.15, 0.2) is 42.6 Å². The number of nitriles is 1. The van der Waals surface area contributed by atoms with Crippen LogP contribution in [0.1, 0.15) is 58.8 Å². The summed E-state index contributed by atoms with van der Waals surface area (Å²) in [5.74, 6) is -1.77. The van der Waals surface area contributed by atoms with Crippen molar-refractivity contribution < 1.29 is 18.3 Å². The van der Waals surface area contributed by atoms with Gasteiger partial charge < -0.3 is 15.0 Å². The van der Waals surface area contributed by atoms with Crippen molar-refractivity contribution in [3.05, 3.63) is 64.8 Å². The van der Waals surface area contributed by atoms with Crippen molar-refractivity contribution in [2.24, 2.45) is 11.3 Å². The van der Waals surface area contributed by atoms with Gasteiger partial charge in [0.1, 0.15) is 5.75 Å². The fourth-order valence-electron chi connectivity index (χ4n) is 7.18. The lowest BCUT2D eigenvalue weighted by molar-refractivity contribution is -0.129. The quantitative estimate of drug-likeness (QED) is 0.384. The predicted octanol–water partition coefficient (Wildman–Crippen LogP) is 5.42. The first-order chi connectivity index (χ1) is 19.7. The van der Waals surface area contributed by atoms with Crippen molar-refractivity contribution in [1.82, 2.24) is 20.1 Å². The van der Waals surface area contributed by atoms with Crippen LogP contribution in [0.25, 0.3) is 10.9 Å². The molecule has 1 aromatic heterocycles. The van der Waals surface area contributed by atoms with Gasteiger partial charge in [-0.25, -0.2) is 8.78 Å². The fourth-order valence-corrected chi connectivity index (χ4v) is 7.18. The lowest BCUT2D eigenvalue weighted by Gasteiger charge is -2.53. The van der Waals surface area contributed by atoms with Crippen LogP contribution in [0.2, 0.25) is 0 Å². The molecule has 1 atom stereocenters. The summed E-state index contributed by atoms with van der Waals surface area (Å²) < 4.78 is 31.9. The molecule has 2 N–H and O–H groups in total. The Bertz CT molecular complexity index is 1460. The number of nitrogens with one attached hydrogen (secondary N) is 2. The summed E-state index contributed by atoms with van der Waals surface area (Å²) in [6.07, 6.45) is 5.92. The van der Waals surface area contributed by atoms with Gasteiger partial charge in [-0.3, -0.25) is 14.6 Å². The molecule has 3 aliphatic rings. The van der Waals surface area contributed by atoms with Crippen molar-refractivity contribution in [3.8, 4) is 11.8 Å². The first-order valence-electron chi connectivity index (χ1n) is 14.4. The van der Waals surface area contributed by atoms with E-state index in [1.807, 2.05) is 30.5 Å². The second-order valence-electron chi connectivity index (χ2n) is 12.3. The van der Waals surface area contributed by atoms with Gasteiger partial charge in [0.15, 0.2) is 0 Å². The molecule has 6 rings (SSSR count). The van der Waals surface area contributed by atoms with E-state index in [1.165, 1.54) is 5.39 Å². The van der Waals surface area contributed by atoms with Crippen molar-refractivity contribution in [1.29, 1.82) is 5.26 Å². The summed E-state index contributed by atoms with van der Waals surface area (Å²) in [7, 11) is 1.72. The van der Waals surface area contributed by atoms with Crippen LogP contribution in [0.4, 0.5) is 8.78 Å². The Morgan fingerprint density at radius 2 is 1.95 bits per heavy atom. The van der Waals surface area contributed by atoms with E-state index in [2.05, 4.69) is 40.3 Å². The average Bonchev–Trinajstić information content (AvgIpc) is 3.43. The molecule has 1 saturated carbocycles. The van der Waals surface area contributed by atoms with Crippen LogP contribution in [0.3, 0.4) is 0 Å². The van der Waals surface area contributed by atoms with Crippen molar-refractivity contribution >= 4 is 16.8 Å². The number of hydrogen-bond donors (Lipinski definition) is 2. The zero-order valence-electron chi connectivity index (χ0n) is 23.7. The molecular weight excluding hydrogens is 524 g/mol. The number of halogens is 2. The number of rotatable bonds is 8. The maximum atomic E-state index is 13.0. The first-order valence-corrected chi connectivity index (χ1v) is 14.4. The molecule has 3 aromatic rings. The van der Waals surface area contributed by atoms with E-state index in [0.717, 1.165) is 66.7 Å². The Morgan fingerprint density at radius 1 is 1.20 bits per heavy atom. The maximum Gasteiger partial charge on any atom is 0.272 e. The van der Waals surface area contributed by atoms with Gasteiger partial charge >= 0.3 is 0 Å². The largest absolute Gasteiger partial charge is 0.496 e. The normalized spacial score (nSPS) is 25.8. The summed E-state index contributed by atoms with van der Waals surface area (Å²) in [6, 6.07) is 14.6. The zero-order valence-corrected chi connectivity index (χ0v) is 23.7. The zero-order chi connectivity index (χ0) is 28.8. The van der Waals surface area contributed by atoms with Crippen LogP contribution in [-0.2, 0) is 6.54 Å². The molecule has 7 nitrogen and oxygen atoms in total. The van der Waals surface area contributed by atoms with Crippen molar-refractivity contribution in [2.45, 2.75) is 51.1 Å². The molecule has 0 bridgehead atoms. The van der Waals surface area contributed by atoms with Crippen LogP contribution in [-0.4, -0.2) is 66.4 Å². The van der Waals surface area contributed by atoms with E-state index in [0.29, 0.717) is 18.7 Å². The average molecular weight is 562 g/mol. The van der Waals surface area contributed by atoms with Gasteiger partial charge in [-0.15, -0.1) is 0 Å². The number of aromatic nitrogens is 1. The van der Waals surface area contributed by atoms with Gasteiger partial charge in [0, 0.05) is 59.8 Å². The molecule has 1 aliphatic carbocycles. The number of amides is 1. The Balaban J connectivity index is 1.20. The number of fused-ring (bicyclic) bond motifs is 1. The maximum absolute atomic E-state index is 13.0. The third kappa shape index (κ3) is 5.43. The summed E-state index contributed by atoms with van der Waals surface area (Å²) in [5, 5.41) is 13.5. The number of nitrogens with zero attached hydrogens (tertiary/aromatic N) is 3. The molecule has 3 heterocycles. The first kappa shape index (κ1) is 27.7. The second kappa shape index (κ2) is 10.7. The number of likely N-dealkylation sites (tertiary alicyclic amines) is 2. The number of aryl methyl sites for hydroxylation is 1. The van der Waals surface area contributed by atoms with E-state index >= 15 is 0 Å². The number of benzene rings is 2. The Kier molecular flexibility index (Phi) is 7.25. The molecule has 1 amide bonds. The number of H-pyrrole nitrogens is 1. The molecule has 216 valence electrons. The lowest BCUT2D eigenvalue weighted by atomic mass is 9.56. The Morgan fingerprint density at radius 3 is 2.63 bits per heavy atom. The summed E-state index contributed by atoms with van der Waals surface area (Å²) in [5.41, 5.74) is 5.33. The van der Waals surface area contributed by atoms with Gasteiger partial charge in [-0.05, 0) is 80.0 Å². The number of carbonyl (C=O) groups excluding carboxylic acids is 1. The van der Waals surface area contributed by atoms with Crippen molar-refractivity contribution in [2.75, 3.05) is 39.8 Å². The molecular formula is C32H37F2N5O2. The number of methoxy groups -OCH3 is 1. The molecule has 2 aliphatic heterocycles. The predicted molar refractivity (Wildman–Crippen MR) is 153 cm³/mol. The molecule has 2 aromatic carbocycles. The topological polar surface area (TPSA) is 84.4 Å². The number of ether oxygens (including phenoxy) is 1.